The first-order valence-electron chi connectivity index (χ1n) is 5.83. The van der Waals surface area contributed by atoms with Crippen LogP contribution in [0.15, 0.2) is 30.5 Å². The smallest absolute Gasteiger partial charge is 0.333 e. The Balaban J connectivity index is 2.25. The van der Waals surface area contributed by atoms with E-state index in [9.17, 15) is 4.79 Å². The summed E-state index contributed by atoms with van der Waals surface area (Å²) >= 11 is 0. The molecule has 0 fully saturated rings. The molecule has 1 unspecified atom stereocenters. The van der Waals surface area contributed by atoms with E-state index < -0.39 is 0 Å². The summed E-state index contributed by atoms with van der Waals surface area (Å²) in [6.07, 6.45) is 1.70. The second kappa shape index (κ2) is 4.57. The van der Waals surface area contributed by atoms with Gasteiger partial charge in [0, 0.05) is 11.4 Å². The van der Waals surface area contributed by atoms with Crippen LogP contribution in [0, 0.1) is 5.92 Å². The first kappa shape index (κ1) is 11.6. The van der Waals surface area contributed by atoms with Crippen molar-refractivity contribution in [3.8, 4) is 0 Å². The van der Waals surface area contributed by atoms with Gasteiger partial charge in [-0.1, -0.05) is 32.0 Å². The minimum atomic E-state index is -0.174. The highest BCUT2D eigenvalue weighted by Gasteiger charge is 2.14. The van der Waals surface area contributed by atoms with Gasteiger partial charge in [0.25, 0.3) is 0 Å². The van der Waals surface area contributed by atoms with Crippen molar-refractivity contribution in [1.82, 2.24) is 15.1 Å². The maximum atomic E-state index is 12.0. The van der Waals surface area contributed by atoms with Crippen LogP contribution in [0.3, 0.4) is 0 Å². The van der Waals surface area contributed by atoms with E-state index >= 15 is 0 Å². The van der Waals surface area contributed by atoms with Crippen molar-refractivity contribution in [2.45, 2.75) is 26.8 Å². The van der Waals surface area contributed by atoms with Gasteiger partial charge in [-0.05, 0) is 18.9 Å². The van der Waals surface area contributed by atoms with Crippen LogP contribution in [0.25, 0.3) is 10.9 Å². The zero-order valence-electron chi connectivity index (χ0n) is 10.3. The number of rotatable bonds is 2. The first-order chi connectivity index (χ1) is 8.09. The lowest BCUT2D eigenvalue weighted by Gasteiger charge is -2.17. The van der Waals surface area contributed by atoms with Crippen molar-refractivity contribution in [1.29, 1.82) is 0 Å². The Hall–Kier alpha value is -1.84. The average molecular weight is 231 g/mol. The Morgan fingerprint density at radius 2 is 2.00 bits per heavy atom. The molecule has 0 aliphatic carbocycles. The van der Waals surface area contributed by atoms with E-state index in [1.165, 1.54) is 4.68 Å². The molecule has 1 amide bonds. The summed E-state index contributed by atoms with van der Waals surface area (Å²) in [6.45, 7) is 6.15. The van der Waals surface area contributed by atoms with Crippen LogP contribution in [-0.4, -0.2) is 21.9 Å². The number of hydrogen-bond acceptors (Lipinski definition) is 2. The molecule has 1 atom stereocenters. The lowest BCUT2D eigenvalue weighted by molar-refractivity contribution is 0.234. The highest BCUT2D eigenvalue weighted by Crippen LogP contribution is 2.12. The van der Waals surface area contributed by atoms with Gasteiger partial charge in [0.2, 0.25) is 0 Å². The standard InChI is InChI=1S/C13H17N3O/c1-9(2)10(3)15-13(17)16-12-7-5-4-6-11(12)8-14-16/h4-10H,1-3H3,(H,15,17). The molecule has 2 aromatic rings. The number of fused-ring (bicyclic) bond motifs is 1. The molecule has 0 bridgehead atoms. The average Bonchev–Trinajstić information content (AvgIpc) is 2.72. The highest BCUT2D eigenvalue weighted by molar-refractivity contribution is 5.89. The number of para-hydroxylation sites is 1. The maximum absolute atomic E-state index is 12.0. The molecule has 1 aromatic carbocycles. The Kier molecular flexibility index (Phi) is 3.13. The molecule has 0 spiro atoms. The molecular weight excluding hydrogens is 214 g/mol. The zero-order valence-corrected chi connectivity index (χ0v) is 10.3. The van der Waals surface area contributed by atoms with Crippen LogP contribution in [0.1, 0.15) is 20.8 Å². The molecule has 2 rings (SSSR count). The van der Waals surface area contributed by atoms with Crippen molar-refractivity contribution in [2.24, 2.45) is 5.92 Å². The summed E-state index contributed by atoms with van der Waals surface area (Å²) < 4.78 is 1.41. The molecule has 1 aromatic heterocycles. The van der Waals surface area contributed by atoms with Crippen LogP contribution in [0.4, 0.5) is 4.79 Å². The second-order valence-corrected chi connectivity index (χ2v) is 4.60. The fraction of sp³-hybridized carbons (Fsp3) is 0.385. The van der Waals surface area contributed by atoms with Crippen LogP contribution >= 0.6 is 0 Å². The van der Waals surface area contributed by atoms with Gasteiger partial charge in [-0.2, -0.15) is 9.78 Å². The number of hydrogen-bond donors (Lipinski definition) is 1. The molecule has 4 nitrogen and oxygen atoms in total. The summed E-state index contributed by atoms with van der Waals surface area (Å²) in [5.74, 6) is 0.403. The molecule has 1 N–H and O–H groups in total. The van der Waals surface area contributed by atoms with E-state index in [1.807, 2.05) is 31.2 Å². The van der Waals surface area contributed by atoms with Crippen molar-refractivity contribution in [2.75, 3.05) is 0 Å². The van der Waals surface area contributed by atoms with E-state index in [0.29, 0.717) is 5.92 Å². The minimum Gasteiger partial charge on any atom is -0.333 e. The summed E-state index contributed by atoms with van der Waals surface area (Å²) in [4.78, 5) is 12.0. The second-order valence-electron chi connectivity index (χ2n) is 4.60. The van der Waals surface area contributed by atoms with Crippen LogP contribution in [0.5, 0.6) is 0 Å². The first-order valence-corrected chi connectivity index (χ1v) is 5.83. The topological polar surface area (TPSA) is 46.9 Å². The molecule has 4 heteroatoms. The predicted molar refractivity (Wildman–Crippen MR) is 68.0 cm³/mol. The molecule has 0 saturated carbocycles. The number of carbonyl (C=O) groups excluding carboxylic acids is 1. The van der Waals surface area contributed by atoms with Gasteiger partial charge in [0.1, 0.15) is 0 Å². The molecule has 17 heavy (non-hydrogen) atoms. The lowest BCUT2D eigenvalue weighted by Crippen LogP contribution is -2.39. The number of nitrogens with zero attached hydrogens (tertiary/aromatic N) is 2. The quantitative estimate of drug-likeness (QED) is 0.863. The lowest BCUT2D eigenvalue weighted by atomic mass is 10.1. The van der Waals surface area contributed by atoms with Crippen LogP contribution in [0.2, 0.25) is 0 Å². The molecule has 0 aliphatic rings. The van der Waals surface area contributed by atoms with E-state index in [4.69, 9.17) is 0 Å². The Labute approximate surface area is 101 Å². The van der Waals surface area contributed by atoms with Crippen molar-refractivity contribution in [3.05, 3.63) is 30.5 Å². The van der Waals surface area contributed by atoms with Crippen molar-refractivity contribution < 1.29 is 4.79 Å². The zero-order chi connectivity index (χ0) is 12.4. The number of benzene rings is 1. The molecule has 0 saturated heterocycles. The summed E-state index contributed by atoms with van der Waals surface area (Å²) in [5.41, 5.74) is 0.834. The largest absolute Gasteiger partial charge is 0.342 e. The van der Waals surface area contributed by atoms with Gasteiger partial charge >= 0.3 is 6.03 Å². The van der Waals surface area contributed by atoms with Gasteiger partial charge in [-0.25, -0.2) is 4.79 Å². The minimum absolute atomic E-state index is 0.130. The predicted octanol–water partition coefficient (Wildman–Crippen LogP) is 2.64. The Bertz CT molecular complexity index is 530. The van der Waals surface area contributed by atoms with E-state index in [2.05, 4.69) is 24.3 Å². The third-order valence-electron chi connectivity index (χ3n) is 3.02. The van der Waals surface area contributed by atoms with Crippen molar-refractivity contribution >= 4 is 16.9 Å². The highest BCUT2D eigenvalue weighted by atomic mass is 16.2. The third kappa shape index (κ3) is 2.30. The van der Waals surface area contributed by atoms with Crippen molar-refractivity contribution in [3.63, 3.8) is 0 Å². The number of carbonyl (C=O) groups is 1. The maximum Gasteiger partial charge on any atom is 0.342 e. The molecule has 90 valence electrons. The van der Waals surface area contributed by atoms with Gasteiger partial charge in [0.05, 0.1) is 11.7 Å². The van der Waals surface area contributed by atoms with E-state index in [0.717, 1.165) is 10.9 Å². The Morgan fingerprint density at radius 1 is 1.29 bits per heavy atom. The van der Waals surface area contributed by atoms with Crippen LogP contribution < -0.4 is 5.32 Å². The number of aromatic nitrogens is 2. The fourth-order valence-electron chi connectivity index (χ4n) is 1.56. The van der Waals surface area contributed by atoms with Gasteiger partial charge in [-0.3, -0.25) is 0 Å². The van der Waals surface area contributed by atoms with Gasteiger partial charge in [-0.15, -0.1) is 0 Å². The van der Waals surface area contributed by atoms with Gasteiger partial charge in [0.15, 0.2) is 0 Å². The fourth-order valence-corrected chi connectivity index (χ4v) is 1.56. The SMILES string of the molecule is CC(C)C(C)NC(=O)n1ncc2ccccc21. The molecule has 1 heterocycles. The van der Waals surface area contributed by atoms with E-state index in [-0.39, 0.29) is 12.1 Å². The summed E-state index contributed by atoms with van der Waals surface area (Å²) in [6, 6.07) is 7.63. The number of amides is 1. The Morgan fingerprint density at radius 3 is 2.71 bits per heavy atom. The number of nitrogens with one attached hydrogen (secondary N) is 1. The normalized spacial score (nSPS) is 12.9. The summed E-state index contributed by atoms with van der Waals surface area (Å²) in [7, 11) is 0. The summed E-state index contributed by atoms with van der Waals surface area (Å²) in [5, 5.41) is 8.02. The van der Waals surface area contributed by atoms with Gasteiger partial charge < -0.3 is 5.32 Å². The molecule has 0 aliphatic heterocycles. The molecular formula is C13H17N3O. The third-order valence-corrected chi connectivity index (χ3v) is 3.02. The molecule has 0 radical (unpaired) electrons. The van der Waals surface area contributed by atoms with E-state index in [1.54, 1.807) is 6.20 Å². The monoisotopic (exact) mass is 231 g/mol. The van der Waals surface area contributed by atoms with Crippen LogP contribution in [-0.2, 0) is 0 Å².